The van der Waals surface area contributed by atoms with E-state index in [-0.39, 0.29) is 24.3 Å². The van der Waals surface area contributed by atoms with Crippen molar-refractivity contribution < 1.29 is 19.1 Å². The molecule has 7 heteroatoms. The molecule has 7 nitrogen and oxygen atoms in total. The molecule has 2 atom stereocenters. The van der Waals surface area contributed by atoms with Gasteiger partial charge in [0, 0.05) is 13.6 Å². The molecule has 0 aromatic rings. The molecule has 0 radical (unpaired) electrons. The van der Waals surface area contributed by atoms with Gasteiger partial charge in [-0.2, -0.15) is 0 Å². The zero-order chi connectivity index (χ0) is 18.7. The molecule has 1 heterocycles. The summed E-state index contributed by atoms with van der Waals surface area (Å²) in [5, 5.41) is 0. The molecule has 1 fully saturated rings. The minimum atomic E-state index is -0.616. The van der Waals surface area contributed by atoms with Crippen molar-refractivity contribution in [2.24, 2.45) is 11.7 Å². The number of nitrogens with two attached hydrogens (primary N) is 1. The fourth-order valence-corrected chi connectivity index (χ4v) is 2.66. The number of hydrogen-bond acceptors (Lipinski definition) is 5. The molecule has 0 aromatic carbocycles. The maximum absolute atomic E-state index is 12.6. The van der Waals surface area contributed by atoms with Gasteiger partial charge in [-0.15, -0.1) is 0 Å². The third-order valence-corrected chi connectivity index (χ3v) is 3.99. The normalized spacial score (nSPS) is 19.3. The van der Waals surface area contributed by atoms with Crippen molar-refractivity contribution in [2.45, 2.75) is 65.1 Å². The largest absolute Gasteiger partial charge is 0.459 e. The maximum atomic E-state index is 12.6. The van der Waals surface area contributed by atoms with Crippen LogP contribution in [0.5, 0.6) is 0 Å². The Hall–Kier alpha value is -1.63. The Morgan fingerprint density at radius 3 is 2.38 bits per heavy atom. The third-order valence-electron chi connectivity index (χ3n) is 3.99. The molecule has 138 valence electrons. The van der Waals surface area contributed by atoms with Crippen LogP contribution in [-0.2, 0) is 19.1 Å². The number of hydrogen-bond donors (Lipinski definition) is 1. The van der Waals surface area contributed by atoms with Crippen molar-refractivity contribution in [3.8, 4) is 0 Å². The lowest BCUT2D eigenvalue weighted by Crippen LogP contribution is -2.53. The lowest BCUT2D eigenvalue weighted by molar-refractivity contribution is -0.159. The van der Waals surface area contributed by atoms with Crippen molar-refractivity contribution in [1.29, 1.82) is 0 Å². The van der Waals surface area contributed by atoms with E-state index in [1.807, 2.05) is 13.8 Å². The first-order valence-electron chi connectivity index (χ1n) is 8.47. The number of rotatable bonds is 5. The predicted molar refractivity (Wildman–Crippen MR) is 91.0 cm³/mol. The maximum Gasteiger partial charge on any atom is 0.326 e. The minimum Gasteiger partial charge on any atom is -0.459 e. The molecule has 2 amide bonds. The highest BCUT2D eigenvalue weighted by atomic mass is 16.6. The zero-order valence-electron chi connectivity index (χ0n) is 15.7. The van der Waals surface area contributed by atoms with Gasteiger partial charge in [0.1, 0.15) is 18.2 Å². The van der Waals surface area contributed by atoms with Crippen LogP contribution in [0.1, 0.15) is 47.5 Å². The first kappa shape index (κ1) is 20.4. The van der Waals surface area contributed by atoms with E-state index in [0.29, 0.717) is 13.0 Å². The van der Waals surface area contributed by atoms with Gasteiger partial charge in [-0.25, -0.2) is 0 Å². The predicted octanol–water partition coefficient (Wildman–Crippen LogP) is 0.761. The first-order valence-corrected chi connectivity index (χ1v) is 8.47. The van der Waals surface area contributed by atoms with Crippen molar-refractivity contribution >= 4 is 17.8 Å². The molecule has 0 saturated carbocycles. The summed E-state index contributed by atoms with van der Waals surface area (Å²) < 4.78 is 5.23. The summed E-state index contributed by atoms with van der Waals surface area (Å²) >= 11 is 0. The van der Waals surface area contributed by atoms with E-state index in [1.165, 1.54) is 4.90 Å². The number of amides is 2. The number of esters is 1. The molecule has 1 aliphatic heterocycles. The Balaban J connectivity index is 2.71. The van der Waals surface area contributed by atoms with Crippen LogP contribution in [0.2, 0.25) is 0 Å². The molecule has 2 N–H and O–H groups in total. The van der Waals surface area contributed by atoms with Gasteiger partial charge in [0.25, 0.3) is 0 Å². The van der Waals surface area contributed by atoms with Crippen LogP contribution in [0.15, 0.2) is 0 Å². The Morgan fingerprint density at radius 1 is 1.29 bits per heavy atom. The number of nitrogens with zero attached hydrogens (tertiary/aromatic N) is 2. The van der Waals surface area contributed by atoms with E-state index >= 15 is 0 Å². The van der Waals surface area contributed by atoms with E-state index in [4.69, 9.17) is 10.5 Å². The van der Waals surface area contributed by atoms with Gasteiger partial charge >= 0.3 is 5.97 Å². The summed E-state index contributed by atoms with van der Waals surface area (Å²) in [5.41, 5.74) is 5.34. The molecule has 0 aliphatic carbocycles. The van der Waals surface area contributed by atoms with Gasteiger partial charge in [0.15, 0.2) is 0 Å². The highest BCUT2D eigenvalue weighted by Gasteiger charge is 2.38. The van der Waals surface area contributed by atoms with Crippen LogP contribution in [-0.4, -0.2) is 65.4 Å². The Morgan fingerprint density at radius 2 is 1.88 bits per heavy atom. The summed E-state index contributed by atoms with van der Waals surface area (Å²) in [6.07, 6.45) is 1.35. The number of carbonyl (C=O) groups is 3. The standard InChI is InChI=1S/C17H31N3O4/c1-11(2)14(18)16(23)20-9-7-8-12(20)15(22)19(6)10-13(21)24-17(3,4)5/h11-12,14H,7-10,18H2,1-6H3/t12-,14+/m0/s1. The summed E-state index contributed by atoms with van der Waals surface area (Å²) in [5.74, 6) is -0.907. The van der Waals surface area contributed by atoms with Crippen LogP contribution in [0.3, 0.4) is 0 Å². The lowest BCUT2D eigenvalue weighted by atomic mass is 10.0. The second kappa shape index (κ2) is 7.96. The van der Waals surface area contributed by atoms with Crippen molar-refractivity contribution in [3.05, 3.63) is 0 Å². The third kappa shape index (κ3) is 5.47. The molecule has 0 bridgehead atoms. The minimum absolute atomic E-state index is 0.00773. The fourth-order valence-electron chi connectivity index (χ4n) is 2.66. The highest BCUT2D eigenvalue weighted by Crippen LogP contribution is 2.21. The average molecular weight is 341 g/mol. The molecule has 1 rings (SSSR count). The fraction of sp³-hybridized carbons (Fsp3) is 0.824. The molecular weight excluding hydrogens is 310 g/mol. The van der Waals surface area contributed by atoms with Crippen molar-refractivity contribution in [2.75, 3.05) is 20.1 Å². The van der Waals surface area contributed by atoms with Crippen molar-refractivity contribution in [3.63, 3.8) is 0 Å². The van der Waals surface area contributed by atoms with Gasteiger partial charge in [-0.05, 0) is 39.5 Å². The number of likely N-dealkylation sites (tertiary alicyclic amines) is 1. The van der Waals surface area contributed by atoms with Crippen molar-refractivity contribution in [1.82, 2.24) is 9.80 Å². The average Bonchev–Trinajstić information content (AvgIpc) is 2.91. The topological polar surface area (TPSA) is 92.9 Å². The highest BCUT2D eigenvalue weighted by molar-refractivity contribution is 5.91. The van der Waals surface area contributed by atoms with Gasteiger partial charge in [0.2, 0.25) is 11.8 Å². The molecule has 24 heavy (non-hydrogen) atoms. The number of likely N-dealkylation sites (N-methyl/N-ethyl adjacent to an activating group) is 1. The Kier molecular flexibility index (Phi) is 6.77. The van der Waals surface area contributed by atoms with Crippen LogP contribution in [0.25, 0.3) is 0 Å². The number of ether oxygens (including phenoxy) is 1. The summed E-state index contributed by atoms with van der Waals surface area (Å²) in [7, 11) is 1.55. The number of carbonyl (C=O) groups excluding carboxylic acids is 3. The van der Waals surface area contributed by atoms with Crippen LogP contribution in [0.4, 0.5) is 0 Å². The second-order valence-corrected chi connectivity index (χ2v) is 7.74. The molecule has 0 spiro atoms. The second-order valence-electron chi connectivity index (χ2n) is 7.74. The molecule has 0 unspecified atom stereocenters. The van der Waals surface area contributed by atoms with Gasteiger partial charge in [-0.3, -0.25) is 14.4 Å². The van der Waals surface area contributed by atoms with E-state index < -0.39 is 23.7 Å². The molecule has 0 aromatic heterocycles. The van der Waals surface area contributed by atoms with E-state index in [2.05, 4.69) is 0 Å². The first-order chi connectivity index (χ1) is 10.9. The summed E-state index contributed by atoms with van der Waals surface area (Å²) in [6, 6.07) is -1.16. The smallest absolute Gasteiger partial charge is 0.326 e. The Labute approximate surface area is 144 Å². The molecular formula is C17H31N3O4. The summed E-state index contributed by atoms with van der Waals surface area (Å²) in [4.78, 5) is 39.9. The van der Waals surface area contributed by atoms with Gasteiger partial charge < -0.3 is 20.3 Å². The quantitative estimate of drug-likeness (QED) is 0.745. The SMILES string of the molecule is CC(C)[C@@H](N)C(=O)N1CCC[C@H]1C(=O)N(C)CC(=O)OC(C)(C)C. The van der Waals surface area contributed by atoms with Gasteiger partial charge in [-0.1, -0.05) is 13.8 Å². The summed E-state index contributed by atoms with van der Waals surface area (Å²) in [6.45, 7) is 9.47. The molecule has 1 saturated heterocycles. The lowest BCUT2D eigenvalue weighted by Gasteiger charge is -2.30. The van der Waals surface area contributed by atoms with Crippen LogP contribution in [0, 0.1) is 5.92 Å². The van der Waals surface area contributed by atoms with E-state index in [9.17, 15) is 14.4 Å². The van der Waals surface area contributed by atoms with Crippen LogP contribution >= 0.6 is 0 Å². The van der Waals surface area contributed by atoms with E-state index in [0.717, 1.165) is 6.42 Å². The van der Waals surface area contributed by atoms with Crippen LogP contribution < -0.4 is 5.73 Å². The Bertz CT molecular complexity index is 485. The van der Waals surface area contributed by atoms with Gasteiger partial charge in [0.05, 0.1) is 6.04 Å². The van der Waals surface area contributed by atoms with E-state index in [1.54, 1.807) is 32.7 Å². The monoisotopic (exact) mass is 341 g/mol. The molecule has 1 aliphatic rings. The zero-order valence-corrected chi connectivity index (χ0v) is 15.7.